The molecule has 3 N–H and O–H groups in total. The molecular weight excluding hydrogens is 687 g/mol. The van der Waals surface area contributed by atoms with Crippen molar-refractivity contribution in [1.82, 2.24) is 19.9 Å². The van der Waals surface area contributed by atoms with Gasteiger partial charge in [-0.2, -0.15) is 0 Å². The zero-order valence-corrected chi connectivity index (χ0v) is 30.6. The van der Waals surface area contributed by atoms with Gasteiger partial charge in [-0.25, -0.2) is 13.4 Å². The van der Waals surface area contributed by atoms with Crippen molar-refractivity contribution in [2.75, 3.05) is 19.0 Å². The monoisotopic (exact) mass is 731 g/mol. The minimum Gasteiger partial charge on any atom is -0.497 e. The van der Waals surface area contributed by atoms with Crippen LogP contribution in [0.1, 0.15) is 52.9 Å². The van der Waals surface area contributed by atoms with Crippen LogP contribution < -0.4 is 24.8 Å². The van der Waals surface area contributed by atoms with E-state index in [1.807, 2.05) is 45.0 Å². The van der Waals surface area contributed by atoms with Crippen LogP contribution in [0.4, 0.5) is 5.69 Å². The highest BCUT2D eigenvalue weighted by Crippen LogP contribution is 2.46. The van der Waals surface area contributed by atoms with Gasteiger partial charge in [0.2, 0.25) is 33.6 Å². The van der Waals surface area contributed by atoms with Gasteiger partial charge in [0.1, 0.15) is 23.4 Å². The second kappa shape index (κ2) is 14.2. The summed E-state index contributed by atoms with van der Waals surface area (Å²) in [6.45, 7) is 9.35. The number of carbonyl (C=O) groups is 4. The molecular formula is C38H45N5O8S. The van der Waals surface area contributed by atoms with Gasteiger partial charge in [-0.15, -0.1) is 6.58 Å². The fourth-order valence-corrected chi connectivity index (χ4v) is 8.15. The van der Waals surface area contributed by atoms with Crippen molar-refractivity contribution in [3.05, 3.63) is 73.4 Å². The number of para-hydroxylation sites is 1. The number of likely N-dealkylation sites (tertiary alicyclic amines) is 1. The third-order valence-corrected chi connectivity index (χ3v) is 11.9. The van der Waals surface area contributed by atoms with Crippen LogP contribution >= 0.6 is 0 Å². The van der Waals surface area contributed by atoms with E-state index in [1.54, 1.807) is 43.6 Å². The number of pyridine rings is 1. The lowest BCUT2D eigenvalue weighted by Crippen LogP contribution is -2.57. The molecule has 52 heavy (non-hydrogen) atoms. The molecule has 3 aromatic rings. The highest BCUT2D eigenvalue weighted by molar-refractivity contribution is 7.91. The van der Waals surface area contributed by atoms with Crippen LogP contribution in [-0.2, 0) is 29.2 Å². The molecule has 2 aromatic carbocycles. The number of fused-ring (bicyclic) bond motifs is 1. The van der Waals surface area contributed by atoms with E-state index in [2.05, 4.69) is 26.9 Å². The molecule has 1 aromatic heterocycles. The molecule has 2 aliphatic carbocycles. The average molecular weight is 732 g/mol. The van der Waals surface area contributed by atoms with Gasteiger partial charge in [0.15, 0.2) is 0 Å². The average Bonchev–Trinajstić information content (AvgIpc) is 4.03. The van der Waals surface area contributed by atoms with E-state index < -0.39 is 67.9 Å². The molecule has 6 rings (SSSR count). The standard InChI is InChI=1S/C38H45N5O8S/c1-6-24-21-38(24,36(47)42-52(48,49)28-13-14-28)41-33(45)31-19-27(51-34-29-15-12-26(50-5)18-23(29)16-17-39-34)22-43(31)35(46)30(37(2,3)4)20-32(44)40-25-10-8-7-9-11-25/h6-12,15-18,24,27-28,30-31H,1,13-14,19-22H2,2-5H3,(H,40,44)(H,41,45)(H,42,47)/t24-,27-,30-,31-,38-/m1/s1. The van der Waals surface area contributed by atoms with Crippen LogP contribution in [0.3, 0.4) is 0 Å². The molecule has 0 spiro atoms. The second-order valence-corrected chi connectivity index (χ2v) is 16.9. The van der Waals surface area contributed by atoms with Gasteiger partial charge in [0.05, 0.1) is 24.8 Å². The molecule has 3 fully saturated rings. The van der Waals surface area contributed by atoms with Gasteiger partial charge in [0.25, 0.3) is 5.91 Å². The summed E-state index contributed by atoms with van der Waals surface area (Å²) in [6, 6.07) is 15.1. The summed E-state index contributed by atoms with van der Waals surface area (Å²) < 4.78 is 39.3. The normalized spacial score (nSPS) is 23.3. The Balaban J connectivity index is 1.28. The van der Waals surface area contributed by atoms with Gasteiger partial charge in [0, 0.05) is 36.0 Å². The number of aromatic nitrogens is 1. The van der Waals surface area contributed by atoms with Crippen LogP contribution in [0.2, 0.25) is 0 Å². The summed E-state index contributed by atoms with van der Waals surface area (Å²) >= 11 is 0. The summed E-state index contributed by atoms with van der Waals surface area (Å²) in [6.07, 6.45) is 3.40. The molecule has 1 aliphatic heterocycles. The molecule has 276 valence electrons. The Bertz CT molecular complexity index is 1990. The van der Waals surface area contributed by atoms with Gasteiger partial charge in [-0.1, -0.05) is 45.0 Å². The molecule has 5 atom stereocenters. The lowest BCUT2D eigenvalue weighted by atomic mass is 9.77. The summed E-state index contributed by atoms with van der Waals surface area (Å²) in [5, 5.41) is 6.55. The van der Waals surface area contributed by atoms with Crippen molar-refractivity contribution in [1.29, 1.82) is 0 Å². The Hall–Kier alpha value is -4.98. The van der Waals surface area contributed by atoms with E-state index in [-0.39, 0.29) is 31.7 Å². The lowest BCUT2D eigenvalue weighted by molar-refractivity contribution is -0.146. The number of rotatable bonds is 13. The van der Waals surface area contributed by atoms with E-state index in [1.165, 1.54) is 11.0 Å². The Morgan fingerprint density at radius 1 is 1.10 bits per heavy atom. The number of hydrogen-bond donors (Lipinski definition) is 3. The predicted molar refractivity (Wildman–Crippen MR) is 195 cm³/mol. The third-order valence-electron chi connectivity index (χ3n) is 10.1. The summed E-state index contributed by atoms with van der Waals surface area (Å²) in [5.74, 6) is -2.64. The highest BCUT2D eigenvalue weighted by Gasteiger charge is 2.62. The van der Waals surface area contributed by atoms with Crippen LogP contribution in [-0.4, -0.2) is 78.5 Å². The quantitative estimate of drug-likeness (QED) is 0.220. The first kappa shape index (κ1) is 36.8. The van der Waals surface area contributed by atoms with E-state index in [9.17, 15) is 27.6 Å². The minimum absolute atomic E-state index is 0.00182. The summed E-state index contributed by atoms with van der Waals surface area (Å²) in [4.78, 5) is 61.5. The highest BCUT2D eigenvalue weighted by atomic mass is 32.2. The van der Waals surface area contributed by atoms with Gasteiger partial charge < -0.3 is 25.0 Å². The zero-order chi connectivity index (χ0) is 37.4. The van der Waals surface area contributed by atoms with E-state index >= 15 is 0 Å². The fraction of sp³-hybridized carbons (Fsp3) is 0.447. The number of methoxy groups -OCH3 is 1. The van der Waals surface area contributed by atoms with E-state index in [0.717, 1.165) is 5.39 Å². The molecule has 14 heteroatoms. The van der Waals surface area contributed by atoms with Gasteiger partial charge >= 0.3 is 0 Å². The largest absolute Gasteiger partial charge is 0.497 e. The number of ether oxygens (including phenoxy) is 2. The molecule has 0 radical (unpaired) electrons. The van der Waals surface area contributed by atoms with Crippen molar-refractivity contribution >= 4 is 50.1 Å². The molecule has 1 saturated heterocycles. The SMILES string of the molecule is C=C[C@@H]1C[C@]1(NC(=O)[C@H]1C[C@@H](Oc2nccc3cc(OC)ccc23)CN1C(=O)[C@@H](CC(=O)Nc1ccccc1)C(C)(C)C)C(=O)NS(=O)(=O)C1CC1. The first-order chi connectivity index (χ1) is 24.6. The van der Waals surface area contributed by atoms with Crippen molar-refractivity contribution in [3.63, 3.8) is 0 Å². The number of hydrogen-bond acceptors (Lipinski definition) is 9. The Morgan fingerprint density at radius 3 is 2.46 bits per heavy atom. The molecule has 4 amide bonds. The molecule has 3 aliphatic rings. The second-order valence-electron chi connectivity index (χ2n) is 14.9. The smallest absolute Gasteiger partial charge is 0.259 e. The first-order valence-electron chi connectivity index (χ1n) is 17.4. The Labute approximate surface area is 303 Å². The van der Waals surface area contributed by atoms with Crippen molar-refractivity contribution in [2.24, 2.45) is 17.3 Å². The number of nitrogens with one attached hydrogen (secondary N) is 3. The number of carbonyl (C=O) groups excluding carboxylic acids is 4. The topological polar surface area (TPSA) is 173 Å². The zero-order valence-electron chi connectivity index (χ0n) is 29.8. The number of amides is 4. The summed E-state index contributed by atoms with van der Waals surface area (Å²) in [5.41, 5.74) is -1.64. The molecule has 2 heterocycles. The molecule has 0 unspecified atom stereocenters. The predicted octanol–water partition coefficient (Wildman–Crippen LogP) is 3.95. The number of nitrogens with zero attached hydrogens (tertiary/aromatic N) is 2. The number of sulfonamides is 1. The minimum atomic E-state index is -3.89. The maximum Gasteiger partial charge on any atom is 0.259 e. The van der Waals surface area contributed by atoms with Crippen LogP contribution in [0.15, 0.2) is 73.4 Å². The van der Waals surface area contributed by atoms with Crippen LogP contribution in [0, 0.1) is 17.3 Å². The van der Waals surface area contributed by atoms with Crippen molar-refractivity contribution in [3.8, 4) is 11.6 Å². The summed E-state index contributed by atoms with van der Waals surface area (Å²) in [7, 11) is -2.32. The Kier molecular flexibility index (Phi) is 10.1. The Morgan fingerprint density at radius 2 is 1.83 bits per heavy atom. The third kappa shape index (κ3) is 7.76. The molecule has 2 saturated carbocycles. The van der Waals surface area contributed by atoms with Gasteiger partial charge in [-0.05, 0) is 66.5 Å². The number of anilines is 1. The molecule has 0 bridgehead atoms. The maximum atomic E-state index is 14.6. The van der Waals surface area contributed by atoms with E-state index in [0.29, 0.717) is 35.5 Å². The fourth-order valence-electron chi connectivity index (χ4n) is 6.78. The maximum absolute atomic E-state index is 14.6. The number of benzene rings is 2. The molecule has 13 nitrogen and oxygen atoms in total. The van der Waals surface area contributed by atoms with Crippen LogP contribution in [0.25, 0.3) is 10.8 Å². The van der Waals surface area contributed by atoms with Crippen molar-refractivity contribution in [2.45, 2.75) is 75.8 Å². The first-order valence-corrected chi connectivity index (χ1v) is 18.9. The van der Waals surface area contributed by atoms with Crippen LogP contribution in [0.5, 0.6) is 11.6 Å². The lowest BCUT2D eigenvalue weighted by Gasteiger charge is -2.35. The van der Waals surface area contributed by atoms with E-state index in [4.69, 9.17) is 9.47 Å². The van der Waals surface area contributed by atoms with Gasteiger partial charge in [-0.3, -0.25) is 23.9 Å². The van der Waals surface area contributed by atoms with Crippen molar-refractivity contribution < 1.29 is 37.1 Å².